The van der Waals surface area contributed by atoms with Gasteiger partial charge in [-0.1, -0.05) is 126 Å². The van der Waals surface area contributed by atoms with Crippen LogP contribution in [0.3, 0.4) is 0 Å². The Kier molecular flexibility index (Phi) is 22.2. The summed E-state index contributed by atoms with van der Waals surface area (Å²) in [5.41, 5.74) is -5.04. The normalized spacial score (nSPS) is 32.9. The Morgan fingerprint density at radius 3 is 1.91 bits per heavy atom. The lowest BCUT2D eigenvalue weighted by molar-refractivity contribution is -0.346. The van der Waals surface area contributed by atoms with Crippen molar-refractivity contribution in [1.29, 1.82) is 0 Å². The molecule has 6 rings (SSSR count). The molecule has 0 spiro atoms. The van der Waals surface area contributed by atoms with Gasteiger partial charge in [-0.05, 0) is 122 Å². The maximum absolute atomic E-state index is 17.3. The van der Waals surface area contributed by atoms with Crippen LogP contribution in [-0.2, 0) is 56.2 Å². The van der Waals surface area contributed by atoms with Crippen molar-refractivity contribution in [1.82, 2.24) is 5.32 Å². The molecular weight excluding hydrogens is 1080 g/mol. The largest absolute Gasteiger partial charge is 0.459 e. The second-order valence-corrected chi connectivity index (χ2v) is 41.8. The second kappa shape index (κ2) is 26.7. The first-order valence-electron chi connectivity index (χ1n) is 30.7. The summed E-state index contributed by atoms with van der Waals surface area (Å²) in [5.74, 6) is -1.81. The summed E-state index contributed by atoms with van der Waals surface area (Å²) in [6, 6.07) is 12.9. The third kappa shape index (κ3) is 13.2. The topological polar surface area (TPSA) is 182 Å². The van der Waals surface area contributed by atoms with Gasteiger partial charge in [0.25, 0.3) is 0 Å². The van der Waals surface area contributed by atoms with E-state index in [0.29, 0.717) is 47.7 Å². The number of aliphatic hydroxyl groups is 1. The number of carbonyl (C=O) groups excluding carboxylic acids is 5. The Morgan fingerprint density at radius 2 is 1.35 bits per heavy atom. The SMILES string of the molecule is CC[Si](CC)(CC)O[C@@H]1C(=O)[C@]2(C)[C@@H](O[Si](CC)(CC)CC)C[C@H]3OC[C@]3(OC(C)=O)[C@H]2[C@H]2OC(=O)CCCCSCCCCCCCC(=O)N[C@H](c3ccccc3)[C@H](O[Si](C)(C)C(C)(C)C)C(=O)O[C@H]3C[C@]2(O)C(C)(C)C1=C3C. The molecule has 2 N–H and O–H groups in total. The minimum atomic E-state index is -2.86. The summed E-state index contributed by atoms with van der Waals surface area (Å²) in [5, 5.41) is 17.6. The van der Waals surface area contributed by atoms with Crippen molar-refractivity contribution in [3.63, 3.8) is 0 Å². The molecule has 0 unspecified atom stereocenters. The molecule has 3 aliphatic carbocycles. The first kappa shape index (κ1) is 66.5. The van der Waals surface area contributed by atoms with Crippen molar-refractivity contribution in [3.8, 4) is 0 Å². The van der Waals surface area contributed by atoms with E-state index in [9.17, 15) is 14.7 Å². The van der Waals surface area contributed by atoms with E-state index in [0.717, 1.165) is 61.7 Å². The van der Waals surface area contributed by atoms with Gasteiger partial charge in [0.15, 0.2) is 42.4 Å². The Morgan fingerprint density at radius 1 is 0.787 bits per heavy atom. The monoisotopic (exact) mass is 1190 g/mol. The first-order chi connectivity index (χ1) is 37.6. The summed E-state index contributed by atoms with van der Waals surface area (Å²) in [7, 11) is -8.23. The van der Waals surface area contributed by atoms with Crippen molar-refractivity contribution >= 4 is 66.3 Å². The Hall–Kier alpha value is -2.69. The van der Waals surface area contributed by atoms with E-state index in [-0.39, 0.29) is 49.0 Å². The van der Waals surface area contributed by atoms with E-state index in [1.807, 2.05) is 69.8 Å². The molecule has 11 atom stereocenters. The standard InChI is InChI=1S/C62H103NO13SSi3/c1-17-79(18-2,19-3)74-46-39-47-61(41-70-47,73-43(8)64)54-56-62(69)40-45(42(7)50(59(62,12)13)52(55(67)60(46,54)14)76-80(20-4,21-5)22-6)71-57(68)53(75-78(15,16)58(9,10)11)51(44-33-27-26-28-34-44)63-48(65)35-29-24-23-25-31-37-77-38-32-30-36-49(66)72-56/h26-28,33-34,45-47,51-54,56,69H,17-25,29-32,35-41H2,1-16H3,(H,63,65)/t45-,46-,47+,51+,52-,53-,54-,56+,60+,61+,62+/m0/s1. The minimum absolute atomic E-state index is 0.0471. The highest BCUT2D eigenvalue weighted by molar-refractivity contribution is 7.99. The molecule has 4 fully saturated rings. The van der Waals surface area contributed by atoms with Gasteiger partial charge < -0.3 is 42.6 Å². The number of amides is 1. The van der Waals surface area contributed by atoms with Crippen molar-refractivity contribution in [3.05, 3.63) is 47.0 Å². The van der Waals surface area contributed by atoms with E-state index >= 15 is 14.4 Å². The number of benzene rings is 1. The number of ketones is 1. The number of nitrogens with one attached hydrogen (secondary N) is 1. The second-order valence-electron chi connectivity index (χ2n) is 26.3. The molecule has 0 aromatic heterocycles. The number of thioether (sulfide) groups is 1. The van der Waals surface area contributed by atoms with Crippen LogP contribution in [0.25, 0.3) is 0 Å². The number of Topliss-reactive ketones (excluding diaryl/α,β-unsaturated/α-hetero) is 1. The summed E-state index contributed by atoms with van der Waals surface area (Å²) < 4.78 is 49.6. The summed E-state index contributed by atoms with van der Waals surface area (Å²) in [4.78, 5) is 76.2. The van der Waals surface area contributed by atoms with Crippen LogP contribution in [0.15, 0.2) is 41.5 Å². The summed E-state index contributed by atoms with van der Waals surface area (Å²) in [6.07, 6.45) is -0.762. The summed E-state index contributed by atoms with van der Waals surface area (Å²) in [6.45, 7) is 31.9. The fourth-order valence-electron chi connectivity index (χ4n) is 13.8. The van der Waals surface area contributed by atoms with Crippen molar-refractivity contribution in [2.75, 3.05) is 18.1 Å². The van der Waals surface area contributed by atoms with Gasteiger partial charge in [0.05, 0.1) is 30.1 Å². The van der Waals surface area contributed by atoms with Gasteiger partial charge in [0, 0.05) is 38.0 Å². The quantitative estimate of drug-likeness (QED) is 0.0777. The zero-order valence-electron chi connectivity index (χ0n) is 51.9. The third-order valence-electron chi connectivity index (χ3n) is 20.6. The predicted octanol–water partition coefficient (Wildman–Crippen LogP) is 12.9. The van der Waals surface area contributed by atoms with Gasteiger partial charge >= 0.3 is 17.9 Å². The molecule has 5 aliphatic rings. The van der Waals surface area contributed by atoms with Gasteiger partial charge in [0.2, 0.25) is 5.91 Å². The lowest BCUT2D eigenvalue weighted by Crippen LogP contribution is -2.82. The molecule has 2 aliphatic heterocycles. The number of hydrogen-bond donors (Lipinski definition) is 2. The number of ether oxygens (including phenoxy) is 4. The Bertz CT molecular complexity index is 2340. The fraction of sp³-hybridized carbons (Fsp3) is 0.790. The van der Waals surface area contributed by atoms with Gasteiger partial charge in [-0.3, -0.25) is 19.2 Å². The molecule has 2 saturated heterocycles. The molecular formula is C62H103NO13SSi3. The first-order valence-corrected chi connectivity index (χ1v) is 39.8. The van der Waals surface area contributed by atoms with Crippen LogP contribution >= 0.6 is 11.8 Å². The minimum Gasteiger partial charge on any atom is -0.459 e. The van der Waals surface area contributed by atoms with Crippen LogP contribution in [0.2, 0.25) is 54.4 Å². The molecule has 1 aromatic carbocycles. The van der Waals surface area contributed by atoms with Crippen molar-refractivity contribution in [2.45, 2.75) is 276 Å². The molecule has 1 amide bonds. The Balaban J connectivity index is 1.69. The van der Waals surface area contributed by atoms with Crippen LogP contribution in [0, 0.1) is 16.7 Å². The molecule has 14 nitrogen and oxygen atoms in total. The smallest absolute Gasteiger partial charge is 0.337 e. The third-order valence-corrected chi connectivity index (χ3v) is 35.5. The van der Waals surface area contributed by atoms with Gasteiger partial charge in [-0.2, -0.15) is 11.8 Å². The van der Waals surface area contributed by atoms with Gasteiger partial charge in [-0.25, -0.2) is 4.79 Å². The molecule has 452 valence electrons. The number of rotatable bonds is 14. The van der Waals surface area contributed by atoms with Crippen molar-refractivity contribution < 1.29 is 61.3 Å². The molecule has 2 saturated carbocycles. The average Bonchev–Trinajstić information content (AvgIpc) is 3.44. The van der Waals surface area contributed by atoms with E-state index in [2.05, 4.69) is 80.7 Å². The fourth-order valence-corrected chi connectivity index (χ4v) is 21.7. The molecule has 3 bridgehead atoms. The maximum Gasteiger partial charge on any atom is 0.337 e. The van der Waals surface area contributed by atoms with Crippen LogP contribution in [-0.4, -0.2) is 126 Å². The van der Waals surface area contributed by atoms with E-state index in [1.54, 1.807) is 0 Å². The van der Waals surface area contributed by atoms with Crippen LogP contribution in [0.5, 0.6) is 0 Å². The van der Waals surface area contributed by atoms with Crippen LogP contribution < -0.4 is 5.32 Å². The highest BCUT2D eigenvalue weighted by Crippen LogP contribution is 2.65. The van der Waals surface area contributed by atoms with Crippen LogP contribution in [0.4, 0.5) is 0 Å². The molecule has 18 heteroatoms. The summed E-state index contributed by atoms with van der Waals surface area (Å²) >= 11 is 1.86. The maximum atomic E-state index is 17.3. The predicted molar refractivity (Wildman–Crippen MR) is 324 cm³/mol. The molecule has 80 heavy (non-hydrogen) atoms. The molecule has 1 aromatic rings. The highest BCUT2D eigenvalue weighted by atomic mass is 32.2. The Labute approximate surface area is 488 Å². The molecule has 0 radical (unpaired) electrons. The molecule has 2 heterocycles. The average molecular weight is 1190 g/mol. The lowest BCUT2D eigenvalue weighted by atomic mass is 9.44. The van der Waals surface area contributed by atoms with Gasteiger partial charge in [-0.15, -0.1) is 0 Å². The van der Waals surface area contributed by atoms with E-state index < -0.39 is 113 Å². The van der Waals surface area contributed by atoms with E-state index in [1.165, 1.54) is 6.92 Å². The number of esters is 3. The van der Waals surface area contributed by atoms with Crippen molar-refractivity contribution in [2.24, 2.45) is 16.7 Å². The van der Waals surface area contributed by atoms with Crippen LogP contribution in [0.1, 0.15) is 179 Å². The number of fused-ring (bicyclic) bond motifs is 6. The van der Waals surface area contributed by atoms with E-state index in [4.69, 9.17) is 32.2 Å². The highest BCUT2D eigenvalue weighted by Gasteiger charge is 2.79. The zero-order chi connectivity index (χ0) is 59.3. The zero-order valence-corrected chi connectivity index (χ0v) is 55.7. The number of hydrogen-bond acceptors (Lipinski definition) is 14. The van der Waals surface area contributed by atoms with Gasteiger partial charge in [0.1, 0.15) is 30.0 Å². The number of carbonyl (C=O) groups is 5. The lowest BCUT2D eigenvalue weighted by Gasteiger charge is -2.68.